The minimum atomic E-state index is 0.717. The van der Waals surface area contributed by atoms with Crippen molar-refractivity contribution < 1.29 is 4.42 Å². The molecule has 1 aromatic carbocycles. The van der Waals surface area contributed by atoms with Crippen LogP contribution in [0.3, 0.4) is 0 Å². The Kier molecular flexibility index (Phi) is 2.82. The van der Waals surface area contributed by atoms with E-state index >= 15 is 0 Å². The quantitative estimate of drug-likeness (QED) is 0.582. The van der Waals surface area contributed by atoms with Gasteiger partial charge in [0.1, 0.15) is 0 Å². The fourth-order valence-electron chi connectivity index (χ4n) is 2.25. The predicted molar refractivity (Wildman–Crippen MR) is 80.3 cm³/mol. The number of nitrogens with zero attached hydrogens (tertiary/aromatic N) is 4. The van der Waals surface area contributed by atoms with E-state index in [1.807, 2.05) is 24.3 Å². The summed E-state index contributed by atoms with van der Waals surface area (Å²) in [5, 5.41) is 13.8. The first-order chi connectivity index (χ1) is 10.3. The van der Waals surface area contributed by atoms with Gasteiger partial charge < -0.3 is 4.42 Å². The molecule has 0 spiro atoms. The van der Waals surface area contributed by atoms with Crippen molar-refractivity contribution in [1.29, 1.82) is 0 Å². The van der Waals surface area contributed by atoms with Crippen LogP contribution in [0, 0.1) is 6.92 Å². The molecule has 0 aliphatic rings. The summed E-state index contributed by atoms with van der Waals surface area (Å²) in [4.78, 5) is 0.782. The summed E-state index contributed by atoms with van der Waals surface area (Å²) in [5.41, 5.74) is 2.48. The van der Waals surface area contributed by atoms with Crippen molar-refractivity contribution in [3.8, 4) is 10.8 Å². The van der Waals surface area contributed by atoms with Crippen molar-refractivity contribution in [2.75, 3.05) is 0 Å². The molecular weight excluding hydrogens is 284 g/mol. The standard InChI is InChI=1S/C15H12N4OS/c1-10-5-2-3-6-11(10)9-13-16-17-15-19(13)18-14(21-15)12-7-4-8-20-12/h2-8H,9H2,1H3. The van der Waals surface area contributed by atoms with Gasteiger partial charge in [-0.1, -0.05) is 35.6 Å². The number of fused-ring (bicyclic) bond motifs is 1. The van der Waals surface area contributed by atoms with Crippen LogP contribution in [0.15, 0.2) is 47.1 Å². The van der Waals surface area contributed by atoms with Crippen LogP contribution >= 0.6 is 11.3 Å². The average molecular weight is 296 g/mol. The van der Waals surface area contributed by atoms with Gasteiger partial charge >= 0.3 is 0 Å². The minimum absolute atomic E-state index is 0.717. The molecule has 0 radical (unpaired) electrons. The Morgan fingerprint density at radius 3 is 2.86 bits per heavy atom. The van der Waals surface area contributed by atoms with E-state index in [9.17, 15) is 0 Å². The zero-order valence-corrected chi connectivity index (χ0v) is 12.2. The number of aromatic nitrogens is 4. The number of benzene rings is 1. The van der Waals surface area contributed by atoms with Crippen molar-refractivity contribution in [2.24, 2.45) is 0 Å². The lowest BCUT2D eigenvalue weighted by Crippen LogP contribution is -1.99. The normalized spacial score (nSPS) is 11.3. The van der Waals surface area contributed by atoms with E-state index in [2.05, 4.69) is 34.4 Å². The number of aryl methyl sites for hydroxylation is 1. The maximum absolute atomic E-state index is 5.38. The number of hydrogen-bond donors (Lipinski definition) is 0. The zero-order valence-electron chi connectivity index (χ0n) is 11.4. The van der Waals surface area contributed by atoms with Crippen LogP contribution < -0.4 is 0 Å². The first-order valence-corrected chi connectivity index (χ1v) is 7.42. The lowest BCUT2D eigenvalue weighted by atomic mass is 10.1. The second kappa shape index (κ2) is 4.82. The van der Waals surface area contributed by atoms with Crippen molar-refractivity contribution in [3.05, 3.63) is 59.6 Å². The van der Waals surface area contributed by atoms with Gasteiger partial charge in [0, 0.05) is 6.42 Å². The molecular formula is C15H12N4OS. The van der Waals surface area contributed by atoms with Gasteiger partial charge in [-0.2, -0.15) is 4.52 Å². The van der Waals surface area contributed by atoms with Gasteiger partial charge in [-0.25, -0.2) is 0 Å². The summed E-state index contributed by atoms with van der Waals surface area (Å²) >= 11 is 1.48. The van der Waals surface area contributed by atoms with Gasteiger partial charge in [0.05, 0.1) is 6.26 Å². The average Bonchev–Trinajstić information content (AvgIpc) is 3.18. The Labute approximate surface area is 124 Å². The second-order valence-corrected chi connectivity index (χ2v) is 5.75. The van der Waals surface area contributed by atoms with E-state index in [0.717, 1.165) is 28.0 Å². The second-order valence-electron chi connectivity index (χ2n) is 4.80. The van der Waals surface area contributed by atoms with Crippen LogP contribution in [0.1, 0.15) is 17.0 Å². The molecule has 6 heteroatoms. The number of furan rings is 1. The summed E-state index contributed by atoms with van der Waals surface area (Å²) in [7, 11) is 0. The molecule has 0 atom stereocenters. The summed E-state index contributed by atoms with van der Waals surface area (Å²) in [6.45, 7) is 2.10. The summed E-state index contributed by atoms with van der Waals surface area (Å²) < 4.78 is 7.18. The Hall–Kier alpha value is -2.47. The van der Waals surface area contributed by atoms with Gasteiger partial charge in [-0.05, 0) is 30.2 Å². The molecule has 104 valence electrons. The van der Waals surface area contributed by atoms with Crippen molar-refractivity contribution in [2.45, 2.75) is 13.3 Å². The molecule has 0 amide bonds. The predicted octanol–water partition coefficient (Wildman–Crippen LogP) is 3.35. The topological polar surface area (TPSA) is 56.2 Å². The molecule has 3 aromatic heterocycles. The highest BCUT2D eigenvalue weighted by Gasteiger charge is 2.15. The maximum atomic E-state index is 5.38. The van der Waals surface area contributed by atoms with Crippen LogP contribution in [0.4, 0.5) is 0 Å². The van der Waals surface area contributed by atoms with Gasteiger partial charge in [-0.3, -0.25) is 0 Å². The van der Waals surface area contributed by atoms with E-state index in [1.54, 1.807) is 10.8 Å². The number of rotatable bonds is 3. The third-order valence-corrected chi connectivity index (χ3v) is 4.31. The monoisotopic (exact) mass is 296 g/mol. The van der Waals surface area contributed by atoms with Gasteiger partial charge in [0.15, 0.2) is 16.6 Å². The van der Waals surface area contributed by atoms with Gasteiger partial charge in [-0.15, -0.1) is 15.3 Å². The van der Waals surface area contributed by atoms with Crippen molar-refractivity contribution >= 4 is 16.3 Å². The SMILES string of the molecule is Cc1ccccc1Cc1nnc2sc(-c3ccco3)nn12. The summed E-state index contributed by atoms with van der Waals surface area (Å²) in [5.74, 6) is 1.60. The highest BCUT2D eigenvalue weighted by molar-refractivity contribution is 7.19. The third kappa shape index (κ3) is 2.13. The molecule has 0 saturated carbocycles. The van der Waals surface area contributed by atoms with Crippen molar-refractivity contribution in [3.63, 3.8) is 0 Å². The lowest BCUT2D eigenvalue weighted by Gasteiger charge is -2.02. The summed E-state index contributed by atoms with van der Waals surface area (Å²) in [6, 6.07) is 12.0. The Morgan fingerprint density at radius 2 is 2.05 bits per heavy atom. The Bertz CT molecular complexity index is 892. The minimum Gasteiger partial charge on any atom is -0.462 e. The lowest BCUT2D eigenvalue weighted by molar-refractivity contribution is 0.580. The first-order valence-electron chi connectivity index (χ1n) is 6.61. The molecule has 0 fully saturated rings. The maximum Gasteiger partial charge on any atom is 0.235 e. The molecule has 0 N–H and O–H groups in total. The largest absolute Gasteiger partial charge is 0.462 e. The molecule has 0 unspecified atom stereocenters. The van der Waals surface area contributed by atoms with Crippen molar-refractivity contribution in [1.82, 2.24) is 19.8 Å². The third-order valence-electron chi connectivity index (χ3n) is 3.40. The molecule has 4 aromatic rings. The van der Waals surface area contributed by atoms with E-state index in [1.165, 1.54) is 22.5 Å². The van der Waals surface area contributed by atoms with Crippen LogP contribution in [0.25, 0.3) is 15.7 Å². The molecule has 0 bridgehead atoms. The van der Waals surface area contributed by atoms with Crippen LogP contribution in [-0.2, 0) is 6.42 Å². The molecule has 0 saturated heterocycles. The van der Waals surface area contributed by atoms with Crippen LogP contribution in [0.2, 0.25) is 0 Å². The van der Waals surface area contributed by atoms with E-state index < -0.39 is 0 Å². The number of hydrogen-bond acceptors (Lipinski definition) is 5. The molecule has 5 nitrogen and oxygen atoms in total. The van der Waals surface area contributed by atoms with E-state index in [-0.39, 0.29) is 0 Å². The molecule has 0 aliphatic carbocycles. The van der Waals surface area contributed by atoms with E-state index in [4.69, 9.17) is 4.42 Å². The Balaban J connectivity index is 1.75. The fourth-order valence-corrected chi connectivity index (χ4v) is 3.07. The zero-order chi connectivity index (χ0) is 14.2. The van der Waals surface area contributed by atoms with E-state index in [0.29, 0.717) is 0 Å². The molecule has 0 aliphatic heterocycles. The molecule has 4 rings (SSSR count). The van der Waals surface area contributed by atoms with Crippen LogP contribution in [0.5, 0.6) is 0 Å². The molecule has 3 heterocycles. The first kappa shape index (κ1) is 12.3. The highest BCUT2D eigenvalue weighted by atomic mass is 32.1. The van der Waals surface area contributed by atoms with Gasteiger partial charge in [0.2, 0.25) is 4.96 Å². The van der Waals surface area contributed by atoms with Crippen LogP contribution in [-0.4, -0.2) is 19.8 Å². The smallest absolute Gasteiger partial charge is 0.235 e. The summed E-state index contributed by atoms with van der Waals surface area (Å²) in [6.07, 6.45) is 2.36. The molecule has 21 heavy (non-hydrogen) atoms. The fraction of sp³-hybridized carbons (Fsp3) is 0.133. The highest BCUT2D eigenvalue weighted by Crippen LogP contribution is 2.26. The Morgan fingerprint density at radius 1 is 1.14 bits per heavy atom. The van der Waals surface area contributed by atoms with Gasteiger partial charge in [0.25, 0.3) is 0 Å².